The molecule has 0 aromatic carbocycles. The molecule has 5 heteroatoms. The van der Waals surface area contributed by atoms with Gasteiger partial charge in [0.15, 0.2) is 5.76 Å². The molecule has 0 saturated carbocycles. The minimum Gasteiger partial charge on any atom is -0.487 e. The number of hydrogen-bond donors (Lipinski definition) is 2. The Bertz CT molecular complexity index is 266. The average molecular weight is 244 g/mol. The van der Waals surface area contributed by atoms with Crippen molar-refractivity contribution in [3.63, 3.8) is 0 Å². The van der Waals surface area contributed by atoms with Crippen molar-refractivity contribution >= 4 is 5.97 Å². The van der Waals surface area contributed by atoms with Crippen molar-refractivity contribution in [1.82, 2.24) is 0 Å². The van der Waals surface area contributed by atoms with E-state index in [9.17, 15) is 4.79 Å². The summed E-state index contributed by atoms with van der Waals surface area (Å²) in [5.41, 5.74) is 0. The van der Waals surface area contributed by atoms with Gasteiger partial charge in [0.05, 0.1) is 0 Å². The van der Waals surface area contributed by atoms with Gasteiger partial charge in [-0.05, 0) is 5.76 Å². The fourth-order valence-electron chi connectivity index (χ4n) is 0.647. The number of carboxylic acid groups (broad SMARTS) is 1. The van der Waals surface area contributed by atoms with Crippen LogP contribution in [0.5, 0.6) is 0 Å². The molecule has 0 aliphatic heterocycles. The van der Waals surface area contributed by atoms with Gasteiger partial charge in [0.2, 0.25) is 0 Å². The van der Waals surface area contributed by atoms with Gasteiger partial charge in [-0.2, -0.15) is 6.07 Å². The van der Waals surface area contributed by atoms with Crippen molar-refractivity contribution < 1.29 is 52.1 Å². The van der Waals surface area contributed by atoms with Gasteiger partial charge in [0.25, 0.3) is 0 Å². The number of rotatable bonds is 2. The zero-order valence-electron chi connectivity index (χ0n) is 6.44. The van der Waals surface area contributed by atoms with Crippen molar-refractivity contribution in [2.45, 2.75) is 6.92 Å². The Hall–Kier alpha value is -0.316. The second-order valence-corrected chi connectivity index (χ2v) is 2.05. The topological polar surface area (TPSA) is 70.7 Å². The Labute approximate surface area is 94.5 Å². The Morgan fingerprint density at radius 2 is 2.17 bits per heavy atom. The first kappa shape index (κ1) is 11.7. The molecule has 0 aliphatic carbocycles. The van der Waals surface area contributed by atoms with Gasteiger partial charge in [-0.3, -0.25) is 0 Å². The summed E-state index contributed by atoms with van der Waals surface area (Å²) in [6.45, 7) is 1.42. The van der Waals surface area contributed by atoms with Crippen molar-refractivity contribution in [2.24, 2.45) is 0 Å². The molecule has 0 bridgehead atoms. The molecular formula is C7H7O4Y-. The maximum atomic E-state index is 10.3. The molecule has 0 unspecified atom stereocenters. The maximum absolute atomic E-state index is 10.3. The monoisotopic (exact) mass is 244 g/mol. The van der Waals surface area contributed by atoms with E-state index in [0.29, 0.717) is 0 Å². The van der Waals surface area contributed by atoms with Crippen LogP contribution in [0.4, 0.5) is 0 Å². The number of carboxylic acids is 1. The standard InChI is InChI=1S/C7H7O4.Y/c1-4(8)5-2-3-6(11-5)7(9)10;/h2-3,8H,1H3,(H,9,10);/q-1;. The third-order valence-electron chi connectivity index (χ3n) is 1.17. The van der Waals surface area contributed by atoms with Crippen LogP contribution in [0, 0.1) is 6.10 Å². The summed E-state index contributed by atoms with van der Waals surface area (Å²) < 4.78 is 4.72. The zero-order chi connectivity index (χ0) is 8.43. The Morgan fingerprint density at radius 3 is 2.42 bits per heavy atom. The molecule has 63 valence electrons. The smallest absolute Gasteiger partial charge is 0.369 e. The van der Waals surface area contributed by atoms with Crippen LogP contribution in [-0.2, 0) is 32.7 Å². The van der Waals surface area contributed by atoms with Crippen LogP contribution in [-0.4, -0.2) is 16.2 Å². The Kier molecular flexibility index (Phi) is 4.52. The van der Waals surface area contributed by atoms with E-state index in [0.717, 1.165) is 0 Å². The van der Waals surface area contributed by atoms with Crippen LogP contribution in [0.1, 0.15) is 23.2 Å². The van der Waals surface area contributed by atoms with Crippen molar-refractivity contribution in [3.8, 4) is 0 Å². The predicted molar refractivity (Wildman–Crippen MR) is 35.6 cm³/mol. The summed E-state index contributed by atoms with van der Waals surface area (Å²) >= 11 is 0. The number of hydrogen-bond acceptors (Lipinski definition) is 3. The summed E-state index contributed by atoms with van der Waals surface area (Å²) in [6.07, 6.45) is -0.0301. The molecule has 1 aromatic rings. The summed E-state index contributed by atoms with van der Waals surface area (Å²) in [6, 6.07) is 2.69. The first-order chi connectivity index (χ1) is 5.11. The first-order valence-electron chi connectivity index (χ1n) is 2.97. The second kappa shape index (κ2) is 4.65. The van der Waals surface area contributed by atoms with E-state index in [1.165, 1.54) is 19.1 Å². The van der Waals surface area contributed by atoms with Gasteiger partial charge in [-0.15, -0.1) is 0 Å². The van der Waals surface area contributed by atoms with E-state index in [1.54, 1.807) is 0 Å². The third kappa shape index (κ3) is 2.62. The molecule has 0 fully saturated rings. The summed E-state index contributed by atoms with van der Waals surface area (Å²) in [7, 11) is 0. The predicted octanol–water partition coefficient (Wildman–Crippen LogP) is 1.25. The number of aliphatic hydroxyl groups is 1. The summed E-state index contributed by atoms with van der Waals surface area (Å²) in [5.74, 6) is -1.13. The van der Waals surface area contributed by atoms with Gasteiger partial charge in [0, 0.05) is 32.7 Å². The summed E-state index contributed by atoms with van der Waals surface area (Å²) in [5, 5.41) is 17.2. The second-order valence-electron chi connectivity index (χ2n) is 2.05. The number of aliphatic hydroxyl groups excluding tert-OH is 1. The first-order valence-corrected chi connectivity index (χ1v) is 2.97. The molecule has 2 N–H and O–H groups in total. The van der Waals surface area contributed by atoms with E-state index >= 15 is 0 Å². The van der Waals surface area contributed by atoms with Crippen LogP contribution in [0.25, 0.3) is 0 Å². The van der Waals surface area contributed by atoms with E-state index in [2.05, 4.69) is 0 Å². The molecule has 0 amide bonds. The van der Waals surface area contributed by atoms with Crippen LogP contribution in [0.2, 0.25) is 0 Å². The van der Waals surface area contributed by atoms with Crippen LogP contribution in [0.3, 0.4) is 0 Å². The molecule has 1 rings (SSSR count). The Balaban J connectivity index is 0.00000121. The molecule has 1 radical (unpaired) electrons. The van der Waals surface area contributed by atoms with Gasteiger partial charge >= 0.3 is 5.97 Å². The average Bonchev–Trinajstić information content (AvgIpc) is 2.33. The van der Waals surface area contributed by atoms with Crippen molar-refractivity contribution in [2.75, 3.05) is 0 Å². The molecular weight excluding hydrogens is 237 g/mol. The van der Waals surface area contributed by atoms with Crippen LogP contribution >= 0.6 is 0 Å². The van der Waals surface area contributed by atoms with Crippen LogP contribution < -0.4 is 0 Å². The quantitative estimate of drug-likeness (QED) is 0.768. The van der Waals surface area contributed by atoms with Crippen LogP contribution in [0.15, 0.2) is 16.5 Å². The molecule has 0 aliphatic rings. The number of furan rings is 1. The third-order valence-corrected chi connectivity index (χ3v) is 1.17. The van der Waals surface area contributed by atoms with Gasteiger partial charge < -0.3 is 14.6 Å². The minimum atomic E-state index is -1.14. The molecule has 4 nitrogen and oxygen atoms in total. The largest absolute Gasteiger partial charge is 0.487 e. The van der Waals surface area contributed by atoms with E-state index < -0.39 is 5.97 Å². The normalized spacial score (nSPS) is 8.83. The fourth-order valence-corrected chi connectivity index (χ4v) is 0.647. The van der Waals surface area contributed by atoms with E-state index in [-0.39, 0.29) is 50.3 Å². The SMILES string of the molecule is C[C-](O)c1ccc(C(=O)O)o1.[Y]. The van der Waals surface area contributed by atoms with Gasteiger partial charge in [-0.25, -0.2) is 4.79 Å². The minimum absolute atomic E-state index is 0. The van der Waals surface area contributed by atoms with Crippen molar-refractivity contribution in [1.29, 1.82) is 0 Å². The molecule has 1 aromatic heterocycles. The molecule has 0 spiro atoms. The fraction of sp³-hybridized carbons (Fsp3) is 0.143. The molecule has 1 heterocycles. The molecule has 0 saturated heterocycles. The number of carbonyl (C=O) groups is 1. The van der Waals surface area contributed by atoms with Gasteiger partial charge in [-0.1, -0.05) is 19.1 Å². The summed E-state index contributed by atoms with van der Waals surface area (Å²) in [4.78, 5) is 10.3. The maximum Gasteiger partial charge on any atom is 0.369 e. The van der Waals surface area contributed by atoms with E-state index in [4.69, 9.17) is 14.6 Å². The molecule has 12 heavy (non-hydrogen) atoms. The number of aromatic carboxylic acids is 1. The van der Waals surface area contributed by atoms with Gasteiger partial charge in [0.1, 0.15) is 0 Å². The Morgan fingerprint density at radius 1 is 1.58 bits per heavy atom. The van der Waals surface area contributed by atoms with Crippen molar-refractivity contribution in [3.05, 3.63) is 29.8 Å². The zero-order valence-corrected chi connectivity index (χ0v) is 9.28. The van der Waals surface area contributed by atoms with E-state index in [1.807, 2.05) is 0 Å². The molecule has 0 atom stereocenters.